The molecule has 0 aromatic heterocycles. The summed E-state index contributed by atoms with van der Waals surface area (Å²) in [5.41, 5.74) is 5.58. The van der Waals surface area contributed by atoms with Gasteiger partial charge in [0.1, 0.15) is 0 Å². The van der Waals surface area contributed by atoms with Gasteiger partial charge in [0.15, 0.2) is 0 Å². The molecule has 4 nitrogen and oxygen atoms in total. The van der Waals surface area contributed by atoms with Crippen molar-refractivity contribution in [3.05, 3.63) is 0 Å². The molecule has 0 amide bonds. The number of likely N-dealkylation sites (N-methyl/N-ethyl adjacent to an activating group) is 1. The van der Waals surface area contributed by atoms with Crippen LogP contribution in [0.4, 0.5) is 0 Å². The highest BCUT2D eigenvalue weighted by Crippen LogP contribution is 2.19. The zero-order valence-electron chi connectivity index (χ0n) is 10.8. The minimum Gasteiger partial charge on any atom is -0.377 e. The Morgan fingerprint density at radius 3 is 2.62 bits per heavy atom. The van der Waals surface area contributed by atoms with E-state index in [0.717, 1.165) is 32.5 Å². The zero-order chi connectivity index (χ0) is 12.0. The van der Waals surface area contributed by atoms with Crippen LogP contribution in [0.2, 0.25) is 0 Å². The van der Waals surface area contributed by atoms with Crippen molar-refractivity contribution < 1.29 is 9.47 Å². The van der Waals surface area contributed by atoms with Crippen molar-refractivity contribution in [1.82, 2.24) is 4.90 Å². The zero-order valence-corrected chi connectivity index (χ0v) is 10.8. The second-order valence-electron chi connectivity index (χ2n) is 4.87. The normalized spacial score (nSPS) is 25.9. The lowest BCUT2D eigenvalue weighted by Crippen LogP contribution is -2.33. The van der Waals surface area contributed by atoms with Crippen molar-refractivity contribution in [3.8, 4) is 0 Å². The Labute approximate surface area is 99.1 Å². The molecular weight excluding hydrogens is 204 g/mol. The van der Waals surface area contributed by atoms with E-state index in [2.05, 4.69) is 25.8 Å². The second-order valence-corrected chi connectivity index (χ2v) is 4.87. The molecule has 2 N–H and O–H groups in total. The molecule has 1 heterocycles. The van der Waals surface area contributed by atoms with Crippen LogP contribution in [0.25, 0.3) is 0 Å². The van der Waals surface area contributed by atoms with Crippen molar-refractivity contribution >= 4 is 0 Å². The van der Waals surface area contributed by atoms with Gasteiger partial charge in [-0.05, 0) is 33.7 Å². The van der Waals surface area contributed by atoms with Crippen LogP contribution in [0.3, 0.4) is 0 Å². The molecule has 1 fully saturated rings. The Balaban J connectivity index is 2.08. The molecule has 0 radical (unpaired) electrons. The van der Waals surface area contributed by atoms with Crippen LogP contribution < -0.4 is 5.73 Å². The minimum atomic E-state index is 0.283. The lowest BCUT2D eigenvalue weighted by Gasteiger charge is -2.21. The molecule has 1 aliphatic heterocycles. The van der Waals surface area contributed by atoms with Crippen molar-refractivity contribution in [1.29, 1.82) is 0 Å². The largest absolute Gasteiger partial charge is 0.377 e. The Bertz CT molecular complexity index is 188. The summed E-state index contributed by atoms with van der Waals surface area (Å²) in [7, 11) is 2.11. The van der Waals surface area contributed by atoms with E-state index in [4.69, 9.17) is 15.2 Å². The van der Waals surface area contributed by atoms with E-state index in [1.807, 2.05) is 0 Å². The van der Waals surface area contributed by atoms with Gasteiger partial charge >= 0.3 is 0 Å². The molecule has 1 saturated heterocycles. The van der Waals surface area contributed by atoms with Gasteiger partial charge in [-0.3, -0.25) is 0 Å². The van der Waals surface area contributed by atoms with Gasteiger partial charge in [0, 0.05) is 19.6 Å². The molecular formula is C12H26N2O2. The maximum Gasteiger partial charge on any atom is 0.0707 e. The molecule has 0 aliphatic carbocycles. The van der Waals surface area contributed by atoms with Crippen molar-refractivity contribution in [3.63, 3.8) is 0 Å². The van der Waals surface area contributed by atoms with E-state index in [9.17, 15) is 0 Å². The third-order valence-corrected chi connectivity index (χ3v) is 2.90. The first-order valence-electron chi connectivity index (χ1n) is 6.27. The van der Waals surface area contributed by atoms with Gasteiger partial charge in [0.05, 0.1) is 24.9 Å². The predicted octanol–water partition coefficient (Wildman–Crippen LogP) is 0.850. The summed E-state index contributed by atoms with van der Waals surface area (Å²) in [5, 5.41) is 0. The van der Waals surface area contributed by atoms with E-state index in [0.29, 0.717) is 18.8 Å². The first-order chi connectivity index (χ1) is 7.61. The topological polar surface area (TPSA) is 47.7 Å². The lowest BCUT2D eigenvalue weighted by molar-refractivity contribution is 0.0193. The summed E-state index contributed by atoms with van der Waals surface area (Å²) in [6.07, 6.45) is 3.20. The summed E-state index contributed by atoms with van der Waals surface area (Å²) < 4.78 is 11.3. The lowest BCUT2D eigenvalue weighted by atomic mass is 10.2. The van der Waals surface area contributed by atoms with Gasteiger partial charge in [-0.25, -0.2) is 0 Å². The van der Waals surface area contributed by atoms with Crippen LogP contribution in [0, 0.1) is 0 Å². The molecule has 1 aliphatic rings. The highest BCUT2D eigenvalue weighted by Gasteiger charge is 2.24. The maximum absolute atomic E-state index is 5.80. The molecule has 0 aromatic rings. The van der Waals surface area contributed by atoms with Gasteiger partial charge < -0.3 is 20.1 Å². The first-order valence-corrected chi connectivity index (χ1v) is 6.27. The first kappa shape index (κ1) is 13.9. The molecule has 0 saturated carbocycles. The average Bonchev–Trinajstić information content (AvgIpc) is 2.65. The average molecular weight is 230 g/mol. The smallest absolute Gasteiger partial charge is 0.0707 e. The van der Waals surface area contributed by atoms with Crippen LogP contribution in [-0.2, 0) is 9.47 Å². The number of ether oxygens (including phenoxy) is 2. The van der Waals surface area contributed by atoms with Crippen molar-refractivity contribution in [2.75, 3.05) is 33.3 Å². The fraction of sp³-hybridized carbons (Fsp3) is 1.00. The number of nitrogens with zero attached hydrogens (tertiary/aromatic N) is 1. The molecule has 2 unspecified atom stereocenters. The molecule has 0 aromatic carbocycles. The van der Waals surface area contributed by atoms with Crippen molar-refractivity contribution in [2.24, 2.45) is 5.73 Å². The second kappa shape index (κ2) is 7.22. The van der Waals surface area contributed by atoms with Gasteiger partial charge in [0.25, 0.3) is 0 Å². The Morgan fingerprint density at radius 1 is 1.38 bits per heavy atom. The van der Waals surface area contributed by atoms with Crippen LogP contribution >= 0.6 is 0 Å². The molecule has 1 rings (SSSR count). The molecule has 2 atom stereocenters. The monoisotopic (exact) mass is 230 g/mol. The quantitative estimate of drug-likeness (QED) is 0.704. The predicted molar refractivity (Wildman–Crippen MR) is 65.5 cm³/mol. The summed E-state index contributed by atoms with van der Waals surface area (Å²) in [6.45, 7) is 7.51. The fourth-order valence-corrected chi connectivity index (χ4v) is 1.97. The van der Waals surface area contributed by atoms with Gasteiger partial charge in [-0.15, -0.1) is 0 Å². The number of nitrogens with two attached hydrogens (primary N) is 1. The van der Waals surface area contributed by atoms with E-state index in [1.165, 1.54) is 0 Å². The Kier molecular flexibility index (Phi) is 6.28. The number of rotatable bonds is 7. The highest BCUT2D eigenvalue weighted by atomic mass is 16.5. The van der Waals surface area contributed by atoms with E-state index >= 15 is 0 Å². The summed E-state index contributed by atoms with van der Waals surface area (Å²) in [6, 6.07) is 0. The molecule has 96 valence electrons. The van der Waals surface area contributed by atoms with E-state index in [1.54, 1.807) is 0 Å². The van der Waals surface area contributed by atoms with Crippen LogP contribution in [-0.4, -0.2) is 56.5 Å². The van der Waals surface area contributed by atoms with E-state index < -0.39 is 0 Å². The molecule has 0 bridgehead atoms. The Morgan fingerprint density at radius 2 is 2.06 bits per heavy atom. The fourth-order valence-electron chi connectivity index (χ4n) is 1.97. The van der Waals surface area contributed by atoms with E-state index in [-0.39, 0.29) is 6.10 Å². The van der Waals surface area contributed by atoms with Crippen molar-refractivity contribution in [2.45, 2.75) is 45.0 Å². The van der Waals surface area contributed by atoms with Gasteiger partial charge in [-0.2, -0.15) is 0 Å². The van der Waals surface area contributed by atoms with Crippen LogP contribution in [0.15, 0.2) is 0 Å². The number of hydrogen-bond acceptors (Lipinski definition) is 4. The third kappa shape index (κ3) is 5.25. The molecule has 4 heteroatoms. The van der Waals surface area contributed by atoms with Gasteiger partial charge in [-0.1, -0.05) is 0 Å². The summed E-state index contributed by atoms with van der Waals surface area (Å²) in [4.78, 5) is 2.27. The Hall–Kier alpha value is -0.160. The maximum atomic E-state index is 5.80. The number of hydrogen-bond donors (Lipinski definition) is 1. The molecule has 16 heavy (non-hydrogen) atoms. The minimum absolute atomic E-state index is 0.283. The summed E-state index contributed by atoms with van der Waals surface area (Å²) >= 11 is 0. The van der Waals surface area contributed by atoms with Crippen LogP contribution in [0.1, 0.15) is 26.7 Å². The standard InChI is InChI=1S/C12H26N2O2/c1-10(2)15-7-6-14(3)9-12-5-4-11(8-13)16-12/h10-12H,4-9,13H2,1-3H3. The van der Waals surface area contributed by atoms with Gasteiger partial charge in [0.2, 0.25) is 0 Å². The third-order valence-electron chi connectivity index (χ3n) is 2.90. The summed E-state index contributed by atoms with van der Waals surface area (Å²) in [5.74, 6) is 0. The highest BCUT2D eigenvalue weighted by molar-refractivity contribution is 4.76. The van der Waals surface area contributed by atoms with Crippen LogP contribution in [0.5, 0.6) is 0 Å². The molecule has 0 spiro atoms. The SMILES string of the molecule is CC(C)OCCN(C)CC1CCC(CN)O1.